The van der Waals surface area contributed by atoms with Crippen LogP contribution < -0.4 is 4.72 Å². The van der Waals surface area contributed by atoms with Crippen LogP contribution in [0.3, 0.4) is 0 Å². The molecule has 0 aliphatic carbocycles. The second kappa shape index (κ2) is 5.55. The molecule has 2 heterocycles. The Kier molecular flexibility index (Phi) is 4.05. The average Bonchev–Trinajstić information content (AvgIpc) is 2.38. The van der Waals surface area contributed by atoms with Gasteiger partial charge in [0, 0.05) is 23.1 Å². The van der Waals surface area contributed by atoms with Gasteiger partial charge in [-0.2, -0.15) is 0 Å². The summed E-state index contributed by atoms with van der Waals surface area (Å²) >= 11 is 3.18. The third kappa shape index (κ3) is 3.34. The SMILES string of the molecule is O=S(=O)(NCc1ccccn1)c1cncc(Br)c1. The molecule has 2 aromatic heterocycles. The first-order valence-corrected chi connectivity index (χ1v) is 7.36. The number of hydrogen-bond donors (Lipinski definition) is 1. The smallest absolute Gasteiger partial charge is 0.242 e. The standard InChI is InChI=1S/C11H10BrN3O2S/c12-9-5-11(8-13-6-9)18(16,17)15-7-10-3-1-2-4-14-10/h1-6,8,15H,7H2. The van der Waals surface area contributed by atoms with Gasteiger partial charge in [-0.05, 0) is 34.1 Å². The second-order valence-electron chi connectivity index (χ2n) is 3.48. The van der Waals surface area contributed by atoms with Crippen molar-refractivity contribution in [1.29, 1.82) is 0 Å². The maximum Gasteiger partial charge on any atom is 0.242 e. The fraction of sp³-hybridized carbons (Fsp3) is 0.0909. The summed E-state index contributed by atoms with van der Waals surface area (Å²) in [5.74, 6) is 0. The molecule has 0 saturated heterocycles. The van der Waals surface area contributed by atoms with E-state index in [2.05, 4.69) is 30.6 Å². The lowest BCUT2D eigenvalue weighted by Crippen LogP contribution is -2.23. The van der Waals surface area contributed by atoms with E-state index in [1.54, 1.807) is 24.4 Å². The Balaban J connectivity index is 2.13. The van der Waals surface area contributed by atoms with Crippen LogP contribution in [0.5, 0.6) is 0 Å². The van der Waals surface area contributed by atoms with Crippen molar-refractivity contribution >= 4 is 26.0 Å². The first-order valence-electron chi connectivity index (χ1n) is 5.08. The normalized spacial score (nSPS) is 11.4. The molecule has 0 spiro atoms. The van der Waals surface area contributed by atoms with Gasteiger partial charge in [0.2, 0.25) is 10.0 Å². The van der Waals surface area contributed by atoms with Gasteiger partial charge < -0.3 is 0 Å². The zero-order valence-electron chi connectivity index (χ0n) is 9.25. The van der Waals surface area contributed by atoms with Crippen molar-refractivity contribution in [1.82, 2.24) is 14.7 Å². The predicted molar refractivity (Wildman–Crippen MR) is 70.2 cm³/mol. The van der Waals surface area contributed by atoms with E-state index in [1.807, 2.05) is 0 Å². The topological polar surface area (TPSA) is 72.0 Å². The van der Waals surface area contributed by atoms with E-state index >= 15 is 0 Å². The molecule has 0 amide bonds. The number of nitrogens with zero attached hydrogens (tertiary/aromatic N) is 2. The van der Waals surface area contributed by atoms with Crippen LogP contribution in [-0.2, 0) is 16.6 Å². The molecule has 0 unspecified atom stereocenters. The number of sulfonamides is 1. The Morgan fingerprint density at radius 1 is 1.28 bits per heavy atom. The quantitative estimate of drug-likeness (QED) is 0.928. The molecule has 0 bridgehead atoms. The summed E-state index contributed by atoms with van der Waals surface area (Å²) in [5.41, 5.74) is 0.657. The number of halogens is 1. The van der Waals surface area contributed by atoms with Crippen LogP contribution in [0.1, 0.15) is 5.69 Å². The van der Waals surface area contributed by atoms with Crippen LogP contribution in [-0.4, -0.2) is 18.4 Å². The molecule has 0 radical (unpaired) electrons. The van der Waals surface area contributed by atoms with Gasteiger partial charge in [0.15, 0.2) is 0 Å². The van der Waals surface area contributed by atoms with Gasteiger partial charge in [0.1, 0.15) is 4.90 Å². The van der Waals surface area contributed by atoms with E-state index in [9.17, 15) is 8.42 Å². The van der Waals surface area contributed by atoms with Gasteiger partial charge in [-0.3, -0.25) is 9.97 Å². The summed E-state index contributed by atoms with van der Waals surface area (Å²) in [7, 11) is -3.56. The number of pyridine rings is 2. The minimum atomic E-state index is -3.56. The van der Waals surface area contributed by atoms with Gasteiger partial charge in [-0.15, -0.1) is 0 Å². The van der Waals surface area contributed by atoms with Crippen LogP contribution in [0, 0.1) is 0 Å². The first-order chi connectivity index (χ1) is 8.58. The molecule has 0 aromatic carbocycles. The van der Waals surface area contributed by atoms with Crippen LogP contribution in [0.15, 0.2) is 52.2 Å². The molecule has 18 heavy (non-hydrogen) atoms. The summed E-state index contributed by atoms with van der Waals surface area (Å²) in [6.07, 6.45) is 4.44. The lowest BCUT2D eigenvalue weighted by atomic mass is 10.4. The molecule has 0 saturated carbocycles. The van der Waals surface area contributed by atoms with Crippen LogP contribution in [0.2, 0.25) is 0 Å². The summed E-state index contributed by atoms with van der Waals surface area (Å²) in [6, 6.07) is 6.82. The van der Waals surface area contributed by atoms with Crippen molar-refractivity contribution in [2.45, 2.75) is 11.4 Å². The molecule has 1 N–H and O–H groups in total. The molecule has 7 heteroatoms. The maximum absolute atomic E-state index is 12.0. The largest absolute Gasteiger partial charge is 0.262 e. The molecule has 94 valence electrons. The summed E-state index contributed by atoms with van der Waals surface area (Å²) in [6.45, 7) is 0.148. The van der Waals surface area contributed by atoms with E-state index in [4.69, 9.17) is 0 Å². The van der Waals surface area contributed by atoms with E-state index < -0.39 is 10.0 Å². The highest BCUT2D eigenvalue weighted by molar-refractivity contribution is 9.10. The fourth-order valence-corrected chi connectivity index (χ4v) is 2.80. The lowest BCUT2D eigenvalue weighted by Gasteiger charge is -2.06. The van der Waals surface area contributed by atoms with Crippen molar-refractivity contribution in [3.63, 3.8) is 0 Å². The van der Waals surface area contributed by atoms with Gasteiger partial charge in [-0.1, -0.05) is 6.07 Å². The van der Waals surface area contributed by atoms with E-state index in [-0.39, 0.29) is 11.4 Å². The zero-order chi connectivity index (χ0) is 13.0. The second-order valence-corrected chi connectivity index (χ2v) is 6.17. The highest BCUT2D eigenvalue weighted by Gasteiger charge is 2.14. The van der Waals surface area contributed by atoms with E-state index in [0.29, 0.717) is 10.2 Å². The third-order valence-corrected chi connectivity index (χ3v) is 3.96. The molecule has 0 atom stereocenters. The highest BCUT2D eigenvalue weighted by atomic mass is 79.9. The first kappa shape index (κ1) is 13.1. The highest BCUT2D eigenvalue weighted by Crippen LogP contribution is 2.14. The van der Waals surface area contributed by atoms with Gasteiger partial charge >= 0.3 is 0 Å². The van der Waals surface area contributed by atoms with Crippen LogP contribution >= 0.6 is 15.9 Å². The van der Waals surface area contributed by atoms with E-state index in [1.165, 1.54) is 18.5 Å². The number of aromatic nitrogens is 2. The van der Waals surface area contributed by atoms with Gasteiger partial charge in [0.25, 0.3) is 0 Å². The molecule has 5 nitrogen and oxygen atoms in total. The summed E-state index contributed by atoms with van der Waals surface area (Å²) < 4.78 is 27.0. The van der Waals surface area contributed by atoms with Crippen molar-refractivity contribution in [2.75, 3.05) is 0 Å². The van der Waals surface area contributed by atoms with Gasteiger partial charge in [0.05, 0.1) is 12.2 Å². The van der Waals surface area contributed by atoms with Crippen LogP contribution in [0.4, 0.5) is 0 Å². The van der Waals surface area contributed by atoms with Gasteiger partial charge in [-0.25, -0.2) is 13.1 Å². The van der Waals surface area contributed by atoms with Crippen molar-refractivity contribution < 1.29 is 8.42 Å². The predicted octanol–water partition coefficient (Wildman–Crippen LogP) is 1.72. The number of hydrogen-bond acceptors (Lipinski definition) is 4. The molecule has 2 aromatic rings. The van der Waals surface area contributed by atoms with Crippen LogP contribution in [0.25, 0.3) is 0 Å². The molecule has 0 aliphatic rings. The summed E-state index contributed by atoms with van der Waals surface area (Å²) in [4.78, 5) is 7.98. The Morgan fingerprint density at radius 2 is 2.11 bits per heavy atom. The number of rotatable bonds is 4. The number of nitrogens with one attached hydrogen (secondary N) is 1. The fourth-order valence-electron chi connectivity index (χ4n) is 1.29. The Labute approximate surface area is 113 Å². The van der Waals surface area contributed by atoms with Crippen molar-refractivity contribution in [2.24, 2.45) is 0 Å². The Hall–Kier alpha value is -1.31. The van der Waals surface area contributed by atoms with Crippen molar-refractivity contribution in [3.8, 4) is 0 Å². The molecule has 2 rings (SSSR count). The Bertz CT molecular complexity index is 632. The lowest BCUT2D eigenvalue weighted by molar-refractivity contribution is 0.580. The maximum atomic E-state index is 12.0. The van der Waals surface area contributed by atoms with E-state index in [0.717, 1.165) is 0 Å². The Morgan fingerprint density at radius 3 is 2.78 bits per heavy atom. The zero-order valence-corrected chi connectivity index (χ0v) is 11.6. The molecule has 0 aliphatic heterocycles. The summed E-state index contributed by atoms with van der Waals surface area (Å²) in [5, 5.41) is 0. The minimum Gasteiger partial charge on any atom is -0.262 e. The molecular formula is C11H10BrN3O2S. The molecular weight excluding hydrogens is 318 g/mol. The monoisotopic (exact) mass is 327 g/mol. The minimum absolute atomic E-state index is 0.118. The third-order valence-electron chi connectivity index (χ3n) is 2.16. The van der Waals surface area contributed by atoms with Crippen molar-refractivity contribution in [3.05, 3.63) is 53.0 Å². The average molecular weight is 328 g/mol. The molecule has 0 fully saturated rings.